The van der Waals surface area contributed by atoms with E-state index in [1.54, 1.807) is 12.1 Å². The van der Waals surface area contributed by atoms with Crippen molar-refractivity contribution >= 4 is 33.3 Å². The van der Waals surface area contributed by atoms with Gasteiger partial charge in [0.1, 0.15) is 0 Å². The lowest BCUT2D eigenvalue weighted by Gasteiger charge is -2.14. The van der Waals surface area contributed by atoms with Crippen LogP contribution in [-0.4, -0.2) is 5.78 Å². The minimum atomic E-state index is 0.00340. The lowest BCUT2D eigenvalue weighted by atomic mass is 9.90. The largest absolute Gasteiger partial charge is 0.294 e. The van der Waals surface area contributed by atoms with Crippen LogP contribution in [0, 0.1) is 11.8 Å². The first kappa shape index (κ1) is 12.7. The maximum absolute atomic E-state index is 12.0. The van der Waals surface area contributed by atoms with Crippen molar-refractivity contribution in [3.8, 4) is 0 Å². The van der Waals surface area contributed by atoms with Crippen molar-refractivity contribution in [3.05, 3.63) is 33.3 Å². The maximum atomic E-state index is 12.0. The Labute approximate surface area is 104 Å². The van der Waals surface area contributed by atoms with Gasteiger partial charge in [-0.25, -0.2) is 0 Å². The van der Waals surface area contributed by atoms with Gasteiger partial charge in [0.15, 0.2) is 5.78 Å². The Hall–Kier alpha value is -0.340. The highest BCUT2D eigenvalue weighted by Gasteiger charge is 2.20. The van der Waals surface area contributed by atoms with Crippen LogP contribution in [0.4, 0.5) is 0 Å². The monoisotopic (exact) mass is 288 g/mol. The average molecular weight is 290 g/mol. The predicted molar refractivity (Wildman–Crippen MR) is 67.5 cm³/mol. The third-order valence-corrected chi connectivity index (χ3v) is 3.42. The number of Topliss-reactive ketones (excluding diaryl/α,β-unsaturated/α-hetero) is 1. The van der Waals surface area contributed by atoms with Gasteiger partial charge in [0.2, 0.25) is 0 Å². The molecular formula is C12H14BrClO. The van der Waals surface area contributed by atoms with Gasteiger partial charge in [0.25, 0.3) is 0 Å². The highest BCUT2D eigenvalue weighted by Crippen LogP contribution is 2.25. The standard InChI is InChI=1S/C12H14BrClO/c1-7(2)8(3)12(15)10-5-4-9(13)6-11(10)14/h4-8H,1-3H3. The molecule has 1 rings (SSSR count). The molecular weight excluding hydrogens is 275 g/mol. The lowest BCUT2D eigenvalue weighted by molar-refractivity contribution is 0.0900. The van der Waals surface area contributed by atoms with E-state index >= 15 is 0 Å². The van der Waals surface area contributed by atoms with Crippen LogP contribution in [0.3, 0.4) is 0 Å². The highest BCUT2D eigenvalue weighted by molar-refractivity contribution is 9.10. The van der Waals surface area contributed by atoms with Crippen LogP contribution >= 0.6 is 27.5 Å². The van der Waals surface area contributed by atoms with E-state index in [1.807, 2.05) is 26.8 Å². The number of carbonyl (C=O) groups excluding carboxylic acids is 1. The number of rotatable bonds is 3. The number of benzene rings is 1. The molecule has 1 aromatic carbocycles. The minimum Gasteiger partial charge on any atom is -0.294 e. The second-order valence-electron chi connectivity index (χ2n) is 4.02. The van der Waals surface area contributed by atoms with Crippen LogP contribution in [0.1, 0.15) is 31.1 Å². The molecule has 1 aromatic rings. The summed E-state index contributed by atoms with van der Waals surface area (Å²) in [7, 11) is 0. The van der Waals surface area contributed by atoms with Crippen LogP contribution in [0.5, 0.6) is 0 Å². The molecule has 0 saturated carbocycles. The molecule has 0 radical (unpaired) electrons. The Balaban J connectivity index is 3.01. The highest BCUT2D eigenvalue weighted by atomic mass is 79.9. The summed E-state index contributed by atoms with van der Waals surface area (Å²) in [6.45, 7) is 6.01. The molecule has 0 aromatic heterocycles. The molecule has 1 atom stereocenters. The number of ketones is 1. The molecule has 0 fully saturated rings. The van der Waals surface area contributed by atoms with Crippen LogP contribution in [0.2, 0.25) is 5.02 Å². The number of hydrogen-bond donors (Lipinski definition) is 0. The van der Waals surface area contributed by atoms with Gasteiger partial charge in [-0.05, 0) is 24.1 Å². The first-order valence-electron chi connectivity index (χ1n) is 4.92. The van der Waals surface area contributed by atoms with Gasteiger partial charge < -0.3 is 0 Å². The Bertz CT molecular complexity index is 374. The molecule has 0 N–H and O–H groups in total. The van der Waals surface area contributed by atoms with Crippen LogP contribution in [0.15, 0.2) is 22.7 Å². The van der Waals surface area contributed by atoms with Gasteiger partial charge in [0, 0.05) is 16.0 Å². The molecule has 0 spiro atoms. The molecule has 0 aliphatic carbocycles. The van der Waals surface area contributed by atoms with Gasteiger partial charge in [0.05, 0.1) is 5.02 Å². The molecule has 0 saturated heterocycles. The van der Waals surface area contributed by atoms with E-state index in [0.29, 0.717) is 16.5 Å². The summed E-state index contributed by atoms with van der Waals surface area (Å²) in [5, 5.41) is 0.516. The van der Waals surface area contributed by atoms with E-state index < -0.39 is 0 Å². The van der Waals surface area contributed by atoms with Gasteiger partial charge in [-0.2, -0.15) is 0 Å². The van der Waals surface area contributed by atoms with Crippen molar-refractivity contribution in [2.45, 2.75) is 20.8 Å². The third kappa shape index (κ3) is 3.05. The summed E-state index contributed by atoms with van der Waals surface area (Å²) in [5.41, 5.74) is 0.612. The van der Waals surface area contributed by atoms with Crippen molar-refractivity contribution in [2.24, 2.45) is 11.8 Å². The third-order valence-electron chi connectivity index (χ3n) is 2.61. The molecule has 0 aliphatic rings. The minimum absolute atomic E-state index is 0.00340. The van der Waals surface area contributed by atoms with Crippen LogP contribution < -0.4 is 0 Å². The number of carbonyl (C=O) groups is 1. The normalized spacial score (nSPS) is 12.9. The molecule has 15 heavy (non-hydrogen) atoms. The first-order valence-corrected chi connectivity index (χ1v) is 6.10. The summed E-state index contributed by atoms with van der Waals surface area (Å²) in [4.78, 5) is 12.0. The second-order valence-corrected chi connectivity index (χ2v) is 5.34. The number of halogens is 2. The molecule has 1 unspecified atom stereocenters. The quantitative estimate of drug-likeness (QED) is 0.745. The van der Waals surface area contributed by atoms with Gasteiger partial charge in [-0.15, -0.1) is 0 Å². The molecule has 1 nitrogen and oxygen atoms in total. The fourth-order valence-corrected chi connectivity index (χ4v) is 2.00. The van der Waals surface area contributed by atoms with Crippen molar-refractivity contribution < 1.29 is 4.79 Å². The zero-order chi connectivity index (χ0) is 11.6. The topological polar surface area (TPSA) is 17.1 Å². The molecule has 82 valence electrons. The van der Waals surface area contributed by atoms with Crippen molar-refractivity contribution in [1.82, 2.24) is 0 Å². The van der Waals surface area contributed by atoms with Gasteiger partial charge in [-0.1, -0.05) is 48.3 Å². The summed E-state index contributed by atoms with van der Waals surface area (Å²) in [5.74, 6) is 0.448. The Morgan fingerprint density at radius 3 is 2.40 bits per heavy atom. The lowest BCUT2D eigenvalue weighted by Crippen LogP contribution is -2.17. The van der Waals surface area contributed by atoms with Crippen molar-refractivity contribution in [3.63, 3.8) is 0 Å². The molecule has 3 heteroatoms. The fourth-order valence-electron chi connectivity index (χ4n) is 1.24. The zero-order valence-corrected chi connectivity index (χ0v) is 11.4. The Kier molecular flexibility index (Phi) is 4.35. The Morgan fingerprint density at radius 2 is 1.93 bits per heavy atom. The van der Waals surface area contributed by atoms with Crippen LogP contribution in [0.25, 0.3) is 0 Å². The second kappa shape index (κ2) is 5.13. The average Bonchev–Trinajstić information content (AvgIpc) is 2.15. The van der Waals surface area contributed by atoms with E-state index in [2.05, 4.69) is 15.9 Å². The molecule has 0 aliphatic heterocycles. The van der Waals surface area contributed by atoms with E-state index in [1.165, 1.54) is 0 Å². The zero-order valence-electron chi connectivity index (χ0n) is 9.05. The molecule has 0 bridgehead atoms. The summed E-state index contributed by atoms with van der Waals surface area (Å²) >= 11 is 9.34. The Morgan fingerprint density at radius 1 is 1.33 bits per heavy atom. The van der Waals surface area contributed by atoms with E-state index in [4.69, 9.17) is 11.6 Å². The predicted octanol–water partition coefficient (Wildman–Crippen LogP) is 4.58. The van der Waals surface area contributed by atoms with Crippen LogP contribution in [-0.2, 0) is 0 Å². The van der Waals surface area contributed by atoms with Crippen molar-refractivity contribution in [2.75, 3.05) is 0 Å². The first-order chi connectivity index (χ1) is 6.93. The molecule has 0 heterocycles. The van der Waals surface area contributed by atoms with Gasteiger partial charge in [-0.3, -0.25) is 4.79 Å². The SMILES string of the molecule is CC(C)C(C)C(=O)c1ccc(Br)cc1Cl. The molecule has 0 amide bonds. The summed E-state index contributed by atoms with van der Waals surface area (Å²) < 4.78 is 0.890. The summed E-state index contributed by atoms with van der Waals surface area (Å²) in [6, 6.07) is 5.36. The fraction of sp³-hybridized carbons (Fsp3) is 0.417. The van der Waals surface area contributed by atoms with Gasteiger partial charge >= 0.3 is 0 Å². The van der Waals surface area contributed by atoms with E-state index in [-0.39, 0.29) is 11.7 Å². The smallest absolute Gasteiger partial charge is 0.167 e. The maximum Gasteiger partial charge on any atom is 0.167 e. The number of hydrogen-bond acceptors (Lipinski definition) is 1. The van der Waals surface area contributed by atoms with E-state index in [0.717, 1.165) is 4.47 Å². The van der Waals surface area contributed by atoms with E-state index in [9.17, 15) is 4.79 Å². The summed E-state index contributed by atoms with van der Waals surface area (Å²) in [6.07, 6.45) is 0. The van der Waals surface area contributed by atoms with Crippen molar-refractivity contribution in [1.29, 1.82) is 0 Å².